The Morgan fingerprint density at radius 2 is 2.17 bits per heavy atom. The van der Waals surface area contributed by atoms with Crippen LogP contribution < -0.4 is 4.90 Å². The molecule has 1 aliphatic heterocycles. The molecule has 2 aromatic heterocycles. The van der Waals surface area contributed by atoms with Crippen molar-refractivity contribution in [1.82, 2.24) is 10.1 Å². The van der Waals surface area contributed by atoms with Crippen LogP contribution in [0.2, 0.25) is 0 Å². The number of hydrogen-bond acceptors (Lipinski definition) is 5. The zero-order valence-electron chi connectivity index (χ0n) is 13.5. The summed E-state index contributed by atoms with van der Waals surface area (Å²) in [6.45, 7) is 2.28. The van der Waals surface area contributed by atoms with Crippen molar-refractivity contribution >= 4 is 39.4 Å². The maximum atomic E-state index is 11.5. The number of thiophene rings is 1. The fourth-order valence-corrected chi connectivity index (χ4v) is 4.42. The normalized spacial score (nSPS) is 16.5. The van der Waals surface area contributed by atoms with Crippen LogP contribution in [0.5, 0.6) is 0 Å². The fraction of sp³-hybridized carbons (Fsp3) is 0.333. The first-order chi connectivity index (χ1) is 11.8. The number of carbonyl (C=O) groups excluding carboxylic acids is 1. The van der Waals surface area contributed by atoms with Crippen molar-refractivity contribution in [3.63, 3.8) is 0 Å². The van der Waals surface area contributed by atoms with E-state index in [2.05, 4.69) is 34.6 Å². The smallest absolute Gasteiger partial charge is 0.238 e. The summed E-state index contributed by atoms with van der Waals surface area (Å²) >= 11 is 1.78. The summed E-state index contributed by atoms with van der Waals surface area (Å²) in [4.78, 5) is 15.4. The average molecular weight is 341 g/mol. The standard InChI is InChI=1S/C18H19N3O2S/c1-20-8-5-13(6-9-20)16-11-24-17-3-2-14(10-15(16)17)21(12-22)18-4-7-19-23-18/h2-4,7,10-13H,5-6,8-9H2,1H3. The summed E-state index contributed by atoms with van der Waals surface area (Å²) < 4.78 is 6.39. The molecule has 0 spiro atoms. The van der Waals surface area contributed by atoms with Crippen molar-refractivity contribution in [1.29, 1.82) is 0 Å². The lowest BCUT2D eigenvalue weighted by molar-refractivity contribution is -0.107. The van der Waals surface area contributed by atoms with Crippen LogP contribution in [0, 0.1) is 0 Å². The number of amides is 1. The molecule has 6 heteroatoms. The predicted octanol–water partition coefficient (Wildman–Crippen LogP) is 3.99. The van der Waals surface area contributed by atoms with Gasteiger partial charge in [-0.25, -0.2) is 0 Å². The molecule has 24 heavy (non-hydrogen) atoms. The zero-order chi connectivity index (χ0) is 16.5. The van der Waals surface area contributed by atoms with Gasteiger partial charge in [0.15, 0.2) is 0 Å². The van der Waals surface area contributed by atoms with Gasteiger partial charge in [-0.15, -0.1) is 11.3 Å². The molecule has 4 rings (SSSR count). The number of aromatic nitrogens is 1. The van der Waals surface area contributed by atoms with E-state index in [4.69, 9.17) is 4.52 Å². The molecule has 3 heterocycles. The number of rotatable bonds is 4. The second kappa shape index (κ2) is 6.37. The third-order valence-corrected chi connectivity index (χ3v) is 5.77. The van der Waals surface area contributed by atoms with Gasteiger partial charge in [-0.3, -0.25) is 9.69 Å². The summed E-state index contributed by atoms with van der Waals surface area (Å²) in [5.74, 6) is 1.03. The van der Waals surface area contributed by atoms with Crippen LogP contribution in [-0.4, -0.2) is 36.6 Å². The number of carbonyl (C=O) groups is 1. The molecule has 1 aromatic carbocycles. The quantitative estimate of drug-likeness (QED) is 0.673. The first-order valence-corrected chi connectivity index (χ1v) is 8.99. The largest absolute Gasteiger partial charge is 0.338 e. The van der Waals surface area contributed by atoms with Gasteiger partial charge < -0.3 is 9.42 Å². The van der Waals surface area contributed by atoms with Crippen molar-refractivity contribution in [2.75, 3.05) is 25.0 Å². The highest BCUT2D eigenvalue weighted by Gasteiger charge is 2.22. The maximum Gasteiger partial charge on any atom is 0.238 e. The monoisotopic (exact) mass is 341 g/mol. The van der Waals surface area contributed by atoms with E-state index in [1.807, 2.05) is 6.07 Å². The van der Waals surface area contributed by atoms with E-state index in [0.717, 1.165) is 25.2 Å². The van der Waals surface area contributed by atoms with E-state index < -0.39 is 0 Å². The lowest BCUT2D eigenvalue weighted by Gasteiger charge is -2.29. The summed E-state index contributed by atoms with van der Waals surface area (Å²) in [6.07, 6.45) is 4.68. The van der Waals surface area contributed by atoms with Gasteiger partial charge in [0.1, 0.15) is 0 Å². The minimum atomic E-state index is 0.431. The average Bonchev–Trinajstić information content (AvgIpc) is 3.26. The third-order valence-electron chi connectivity index (χ3n) is 4.79. The maximum absolute atomic E-state index is 11.5. The Bertz CT molecular complexity index is 835. The third kappa shape index (κ3) is 2.72. The van der Waals surface area contributed by atoms with Crippen molar-refractivity contribution in [3.05, 3.63) is 41.4 Å². The number of fused-ring (bicyclic) bond motifs is 1. The van der Waals surface area contributed by atoms with Gasteiger partial charge in [0.2, 0.25) is 12.3 Å². The highest BCUT2D eigenvalue weighted by molar-refractivity contribution is 7.17. The van der Waals surface area contributed by atoms with Crippen LogP contribution in [0.3, 0.4) is 0 Å². The topological polar surface area (TPSA) is 49.6 Å². The number of piperidine rings is 1. The van der Waals surface area contributed by atoms with Crippen molar-refractivity contribution in [2.45, 2.75) is 18.8 Å². The lowest BCUT2D eigenvalue weighted by Crippen LogP contribution is -2.29. The highest BCUT2D eigenvalue weighted by Crippen LogP contribution is 2.38. The Kier molecular flexibility index (Phi) is 4.08. The predicted molar refractivity (Wildman–Crippen MR) is 96.0 cm³/mol. The van der Waals surface area contributed by atoms with Crippen LogP contribution in [0.15, 0.2) is 40.4 Å². The molecule has 3 aromatic rings. The minimum Gasteiger partial charge on any atom is -0.338 e. The zero-order valence-corrected chi connectivity index (χ0v) is 14.3. The van der Waals surface area contributed by atoms with Crippen LogP contribution in [0.4, 0.5) is 11.6 Å². The van der Waals surface area contributed by atoms with E-state index in [0.29, 0.717) is 11.8 Å². The Balaban J connectivity index is 1.72. The number of anilines is 2. The van der Waals surface area contributed by atoms with Gasteiger partial charge >= 0.3 is 0 Å². The first-order valence-electron chi connectivity index (χ1n) is 8.11. The molecule has 0 atom stereocenters. The second-order valence-electron chi connectivity index (χ2n) is 6.28. The Morgan fingerprint density at radius 1 is 1.33 bits per heavy atom. The molecule has 0 unspecified atom stereocenters. The van der Waals surface area contributed by atoms with E-state index >= 15 is 0 Å². The molecule has 1 saturated heterocycles. The SMILES string of the molecule is CN1CCC(c2csc3ccc(N(C=O)c4ccno4)cc23)CC1. The van der Waals surface area contributed by atoms with Crippen molar-refractivity contribution in [3.8, 4) is 0 Å². The molecule has 0 aliphatic carbocycles. The summed E-state index contributed by atoms with van der Waals surface area (Å²) in [7, 11) is 2.18. The van der Waals surface area contributed by atoms with Gasteiger partial charge in [-0.05, 0) is 73.4 Å². The fourth-order valence-electron chi connectivity index (χ4n) is 3.40. The molecule has 0 bridgehead atoms. The van der Waals surface area contributed by atoms with Crippen LogP contribution in [-0.2, 0) is 4.79 Å². The first kappa shape index (κ1) is 15.4. The van der Waals surface area contributed by atoms with E-state index in [1.165, 1.54) is 33.4 Å². The Morgan fingerprint density at radius 3 is 2.88 bits per heavy atom. The molecule has 0 saturated carbocycles. The number of benzene rings is 1. The number of likely N-dealkylation sites (tertiary alicyclic amines) is 1. The van der Waals surface area contributed by atoms with Crippen LogP contribution in [0.1, 0.15) is 24.3 Å². The van der Waals surface area contributed by atoms with Gasteiger partial charge in [-0.1, -0.05) is 5.16 Å². The summed E-state index contributed by atoms with van der Waals surface area (Å²) in [5, 5.41) is 7.22. The molecule has 0 radical (unpaired) electrons. The Hall–Kier alpha value is -2.18. The van der Waals surface area contributed by atoms with E-state index in [-0.39, 0.29) is 0 Å². The molecule has 1 amide bonds. The second-order valence-corrected chi connectivity index (χ2v) is 7.19. The van der Waals surface area contributed by atoms with Crippen LogP contribution >= 0.6 is 11.3 Å². The summed E-state index contributed by atoms with van der Waals surface area (Å²) in [6, 6.07) is 7.81. The highest BCUT2D eigenvalue weighted by atomic mass is 32.1. The molecular weight excluding hydrogens is 322 g/mol. The van der Waals surface area contributed by atoms with Gasteiger partial charge in [0, 0.05) is 10.8 Å². The van der Waals surface area contributed by atoms with Gasteiger partial charge in [0.05, 0.1) is 11.9 Å². The Labute approximate surface area is 144 Å². The lowest BCUT2D eigenvalue weighted by atomic mass is 9.89. The molecule has 1 fully saturated rings. The number of nitrogens with zero attached hydrogens (tertiary/aromatic N) is 3. The van der Waals surface area contributed by atoms with E-state index in [1.54, 1.807) is 23.6 Å². The van der Waals surface area contributed by atoms with Crippen LogP contribution in [0.25, 0.3) is 10.1 Å². The summed E-state index contributed by atoms with van der Waals surface area (Å²) in [5.41, 5.74) is 2.22. The molecule has 0 N–H and O–H groups in total. The molecule has 5 nitrogen and oxygen atoms in total. The van der Waals surface area contributed by atoms with Crippen molar-refractivity contribution < 1.29 is 9.32 Å². The van der Waals surface area contributed by atoms with E-state index in [9.17, 15) is 4.79 Å². The van der Waals surface area contributed by atoms with Gasteiger partial charge in [0.25, 0.3) is 0 Å². The molecule has 124 valence electrons. The molecular formula is C18H19N3O2S. The minimum absolute atomic E-state index is 0.431. The van der Waals surface area contributed by atoms with Gasteiger partial charge in [-0.2, -0.15) is 0 Å². The molecule has 1 aliphatic rings. The van der Waals surface area contributed by atoms with Crippen molar-refractivity contribution in [2.24, 2.45) is 0 Å². The number of hydrogen-bond donors (Lipinski definition) is 0.